The van der Waals surface area contributed by atoms with E-state index < -0.39 is 0 Å². The minimum absolute atomic E-state index is 0.371. The molecule has 1 aromatic heterocycles. The summed E-state index contributed by atoms with van der Waals surface area (Å²) >= 11 is 0. The minimum atomic E-state index is 0.371. The Morgan fingerprint density at radius 2 is 2.38 bits per heavy atom. The second-order valence-electron chi connectivity index (χ2n) is 4.36. The molecule has 0 aliphatic carbocycles. The van der Waals surface area contributed by atoms with Gasteiger partial charge in [0.25, 0.3) is 0 Å². The highest BCUT2D eigenvalue weighted by atomic mass is 16.5. The molecule has 1 fully saturated rings. The number of hydrogen-bond donors (Lipinski definition) is 1. The van der Waals surface area contributed by atoms with E-state index >= 15 is 0 Å². The molecule has 90 valence electrons. The molecule has 1 aliphatic rings. The molecule has 0 saturated carbocycles. The normalized spacial score (nSPS) is 27.1. The molecule has 2 rings (SSSR count). The van der Waals surface area contributed by atoms with Gasteiger partial charge in [0.2, 0.25) is 0 Å². The van der Waals surface area contributed by atoms with Crippen LogP contribution in [0.5, 0.6) is 0 Å². The highest BCUT2D eigenvalue weighted by Crippen LogP contribution is 2.34. The van der Waals surface area contributed by atoms with Crippen molar-refractivity contribution in [2.75, 3.05) is 13.2 Å². The molecule has 2 heterocycles. The lowest BCUT2D eigenvalue weighted by atomic mass is 9.88. The molecule has 1 aliphatic heterocycles. The predicted molar refractivity (Wildman–Crippen MR) is 63.3 cm³/mol. The minimum Gasteiger partial charge on any atom is -0.472 e. The molecule has 3 unspecified atom stereocenters. The van der Waals surface area contributed by atoms with Gasteiger partial charge in [-0.05, 0) is 25.5 Å². The average Bonchev–Trinajstić information content (AvgIpc) is 2.96. The first-order valence-corrected chi connectivity index (χ1v) is 6.23. The summed E-state index contributed by atoms with van der Waals surface area (Å²) in [5.74, 6) is 0.572. The molecule has 1 aromatic rings. The topological polar surface area (TPSA) is 34.4 Å². The largest absolute Gasteiger partial charge is 0.472 e. The van der Waals surface area contributed by atoms with Crippen LogP contribution in [0.2, 0.25) is 0 Å². The Labute approximate surface area is 97.2 Å². The highest BCUT2D eigenvalue weighted by Gasteiger charge is 2.34. The summed E-state index contributed by atoms with van der Waals surface area (Å²) in [6, 6.07) is 2.43. The van der Waals surface area contributed by atoms with Crippen LogP contribution in [-0.4, -0.2) is 19.3 Å². The molecule has 0 bridgehead atoms. The summed E-state index contributed by atoms with van der Waals surface area (Å²) in [6.45, 7) is 6.21. The monoisotopic (exact) mass is 223 g/mol. The lowest BCUT2D eigenvalue weighted by Gasteiger charge is -2.27. The van der Waals surface area contributed by atoms with E-state index in [9.17, 15) is 0 Å². The number of furan rings is 1. The molecule has 1 saturated heterocycles. The Kier molecular flexibility index (Phi) is 4.02. The standard InChI is InChI=1S/C13H21NO2/c1-3-12-11(6-8-16-12)13(14-4-2)10-5-7-15-9-10/h5,7,9,11-14H,3-4,6,8H2,1-2H3. The first-order valence-electron chi connectivity index (χ1n) is 6.23. The molecular formula is C13H21NO2. The zero-order chi connectivity index (χ0) is 11.4. The summed E-state index contributed by atoms with van der Waals surface area (Å²) < 4.78 is 11.0. The van der Waals surface area contributed by atoms with Crippen LogP contribution < -0.4 is 5.32 Å². The van der Waals surface area contributed by atoms with Gasteiger partial charge in [0.15, 0.2) is 0 Å². The van der Waals surface area contributed by atoms with Crippen LogP contribution in [0.4, 0.5) is 0 Å². The van der Waals surface area contributed by atoms with Crippen LogP contribution in [0.1, 0.15) is 38.3 Å². The number of nitrogens with one attached hydrogen (secondary N) is 1. The zero-order valence-electron chi connectivity index (χ0n) is 10.1. The summed E-state index contributed by atoms with van der Waals surface area (Å²) in [5.41, 5.74) is 1.25. The van der Waals surface area contributed by atoms with Gasteiger partial charge < -0.3 is 14.5 Å². The van der Waals surface area contributed by atoms with E-state index in [-0.39, 0.29) is 0 Å². The van der Waals surface area contributed by atoms with E-state index in [1.807, 2.05) is 6.26 Å². The molecule has 3 heteroatoms. The summed E-state index contributed by atoms with van der Waals surface area (Å²) in [7, 11) is 0. The maximum Gasteiger partial charge on any atom is 0.0950 e. The van der Waals surface area contributed by atoms with Crippen molar-refractivity contribution in [1.82, 2.24) is 5.32 Å². The number of ether oxygens (including phenoxy) is 1. The summed E-state index contributed by atoms with van der Waals surface area (Å²) in [5, 5.41) is 3.55. The van der Waals surface area contributed by atoms with E-state index in [0.29, 0.717) is 18.1 Å². The van der Waals surface area contributed by atoms with Crippen LogP contribution >= 0.6 is 0 Å². The first-order chi connectivity index (χ1) is 7.86. The number of rotatable bonds is 5. The fourth-order valence-electron chi connectivity index (χ4n) is 2.66. The third-order valence-corrected chi connectivity index (χ3v) is 3.42. The Morgan fingerprint density at radius 3 is 3.00 bits per heavy atom. The van der Waals surface area contributed by atoms with Crippen molar-refractivity contribution in [2.24, 2.45) is 5.92 Å². The lowest BCUT2D eigenvalue weighted by molar-refractivity contribution is 0.0775. The smallest absolute Gasteiger partial charge is 0.0950 e. The molecule has 0 spiro atoms. The van der Waals surface area contributed by atoms with Crippen LogP contribution in [-0.2, 0) is 4.74 Å². The average molecular weight is 223 g/mol. The molecule has 3 nitrogen and oxygen atoms in total. The van der Waals surface area contributed by atoms with Crippen LogP contribution in [0.3, 0.4) is 0 Å². The summed E-state index contributed by atoms with van der Waals surface area (Å²) in [4.78, 5) is 0. The van der Waals surface area contributed by atoms with Crippen molar-refractivity contribution >= 4 is 0 Å². The lowest BCUT2D eigenvalue weighted by Crippen LogP contribution is -2.32. The first kappa shape index (κ1) is 11.7. The Morgan fingerprint density at radius 1 is 1.50 bits per heavy atom. The van der Waals surface area contributed by atoms with Crippen molar-refractivity contribution in [2.45, 2.75) is 38.8 Å². The van der Waals surface area contributed by atoms with Crippen LogP contribution in [0.15, 0.2) is 23.0 Å². The molecule has 1 N–H and O–H groups in total. The Hall–Kier alpha value is -0.800. The Balaban J connectivity index is 2.12. The highest BCUT2D eigenvalue weighted by molar-refractivity contribution is 5.14. The SMILES string of the molecule is CCNC(c1ccoc1)C1CCOC1CC. The van der Waals surface area contributed by atoms with Gasteiger partial charge in [0.05, 0.1) is 18.6 Å². The van der Waals surface area contributed by atoms with Crippen LogP contribution in [0.25, 0.3) is 0 Å². The van der Waals surface area contributed by atoms with E-state index in [0.717, 1.165) is 26.0 Å². The quantitative estimate of drug-likeness (QED) is 0.833. The maximum atomic E-state index is 5.77. The second-order valence-corrected chi connectivity index (χ2v) is 4.36. The van der Waals surface area contributed by atoms with Gasteiger partial charge in [-0.2, -0.15) is 0 Å². The molecular weight excluding hydrogens is 202 g/mol. The fraction of sp³-hybridized carbons (Fsp3) is 0.692. The van der Waals surface area contributed by atoms with Crippen molar-refractivity contribution in [3.8, 4) is 0 Å². The van der Waals surface area contributed by atoms with E-state index in [2.05, 4.69) is 25.2 Å². The van der Waals surface area contributed by atoms with Crippen molar-refractivity contribution in [3.63, 3.8) is 0 Å². The van der Waals surface area contributed by atoms with Crippen molar-refractivity contribution in [1.29, 1.82) is 0 Å². The molecule has 0 radical (unpaired) electrons. The van der Waals surface area contributed by atoms with Crippen molar-refractivity contribution < 1.29 is 9.15 Å². The van der Waals surface area contributed by atoms with Gasteiger partial charge in [0, 0.05) is 24.1 Å². The van der Waals surface area contributed by atoms with Gasteiger partial charge in [-0.3, -0.25) is 0 Å². The van der Waals surface area contributed by atoms with E-state index in [1.54, 1.807) is 6.26 Å². The molecule has 3 atom stereocenters. The van der Waals surface area contributed by atoms with E-state index in [4.69, 9.17) is 9.15 Å². The maximum absolute atomic E-state index is 5.77. The van der Waals surface area contributed by atoms with E-state index in [1.165, 1.54) is 5.56 Å². The van der Waals surface area contributed by atoms with Gasteiger partial charge in [0.1, 0.15) is 0 Å². The van der Waals surface area contributed by atoms with Gasteiger partial charge in [-0.15, -0.1) is 0 Å². The molecule has 16 heavy (non-hydrogen) atoms. The van der Waals surface area contributed by atoms with Crippen LogP contribution in [0, 0.1) is 5.92 Å². The van der Waals surface area contributed by atoms with Gasteiger partial charge >= 0.3 is 0 Å². The third-order valence-electron chi connectivity index (χ3n) is 3.42. The molecule has 0 aromatic carbocycles. The Bertz CT molecular complexity index is 297. The van der Waals surface area contributed by atoms with Crippen molar-refractivity contribution in [3.05, 3.63) is 24.2 Å². The summed E-state index contributed by atoms with van der Waals surface area (Å²) in [6.07, 6.45) is 6.21. The molecule has 0 amide bonds. The predicted octanol–water partition coefficient (Wildman–Crippen LogP) is 2.75. The fourth-order valence-corrected chi connectivity index (χ4v) is 2.66. The van der Waals surface area contributed by atoms with Gasteiger partial charge in [-0.25, -0.2) is 0 Å². The van der Waals surface area contributed by atoms with Gasteiger partial charge in [-0.1, -0.05) is 13.8 Å². The zero-order valence-corrected chi connectivity index (χ0v) is 10.1. The number of hydrogen-bond acceptors (Lipinski definition) is 3. The third kappa shape index (κ3) is 2.30. The second kappa shape index (κ2) is 5.51.